The summed E-state index contributed by atoms with van der Waals surface area (Å²) in [5, 5.41) is 2.43. The first-order valence-electron chi connectivity index (χ1n) is 4.03. The van der Waals surface area contributed by atoms with Gasteiger partial charge in [-0.2, -0.15) is 0 Å². The Labute approximate surface area is 85.2 Å². The SMILES string of the molecule is C=[NH+]c1ccc2ccccc2c1Br. The van der Waals surface area contributed by atoms with Gasteiger partial charge < -0.3 is 0 Å². The number of fused-ring (bicyclic) bond motifs is 1. The maximum absolute atomic E-state index is 3.64. The summed E-state index contributed by atoms with van der Waals surface area (Å²) in [6, 6.07) is 12.3. The van der Waals surface area contributed by atoms with Crippen molar-refractivity contribution in [3.05, 3.63) is 40.9 Å². The van der Waals surface area contributed by atoms with Crippen molar-refractivity contribution >= 4 is 39.1 Å². The number of hydrogen-bond acceptors (Lipinski definition) is 0. The summed E-state index contributed by atoms with van der Waals surface area (Å²) in [6.07, 6.45) is 0. The van der Waals surface area contributed by atoms with E-state index < -0.39 is 0 Å². The molecule has 64 valence electrons. The molecule has 0 radical (unpaired) electrons. The molecule has 2 rings (SSSR count). The normalized spacial score (nSPS) is 10.2. The first kappa shape index (κ1) is 8.45. The summed E-state index contributed by atoms with van der Waals surface area (Å²) in [5.74, 6) is 0. The third-order valence-electron chi connectivity index (χ3n) is 2.05. The van der Waals surface area contributed by atoms with Gasteiger partial charge in [-0.3, -0.25) is 0 Å². The zero-order chi connectivity index (χ0) is 9.26. The number of hydrogen-bond donors (Lipinski definition) is 1. The van der Waals surface area contributed by atoms with Crippen molar-refractivity contribution < 1.29 is 4.99 Å². The molecule has 0 aliphatic carbocycles. The first-order chi connectivity index (χ1) is 6.33. The summed E-state index contributed by atoms with van der Waals surface area (Å²) in [6.45, 7) is 3.64. The van der Waals surface area contributed by atoms with Gasteiger partial charge in [0, 0.05) is 11.5 Å². The molecule has 0 unspecified atom stereocenters. The molecule has 2 aromatic rings. The van der Waals surface area contributed by atoms with Crippen LogP contribution in [0.2, 0.25) is 0 Å². The fraction of sp³-hybridized carbons (Fsp3) is 0. The van der Waals surface area contributed by atoms with Gasteiger partial charge in [-0.05, 0) is 27.4 Å². The first-order valence-corrected chi connectivity index (χ1v) is 4.82. The Morgan fingerprint density at radius 1 is 1.08 bits per heavy atom. The molecular formula is C11H9BrN+. The maximum atomic E-state index is 3.64. The molecule has 0 heterocycles. The van der Waals surface area contributed by atoms with E-state index >= 15 is 0 Å². The minimum atomic E-state index is 1.01. The molecule has 0 spiro atoms. The van der Waals surface area contributed by atoms with Crippen molar-refractivity contribution in [3.63, 3.8) is 0 Å². The van der Waals surface area contributed by atoms with Crippen molar-refractivity contribution in [2.45, 2.75) is 0 Å². The van der Waals surface area contributed by atoms with Crippen molar-refractivity contribution in [2.75, 3.05) is 0 Å². The highest BCUT2D eigenvalue weighted by atomic mass is 79.9. The van der Waals surface area contributed by atoms with Gasteiger partial charge in [-0.15, -0.1) is 0 Å². The quantitative estimate of drug-likeness (QED) is 0.727. The van der Waals surface area contributed by atoms with Gasteiger partial charge in [0.1, 0.15) is 6.72 Å². The van der Waals surface area contributed by atoms with Crippen LogP contribution in [0.3, 0.4) is 0 Å². The Morgan fingerprint density at radius 2 is 1.85 bits per heavy atom. The maximum Gasteiger partial charge on any atom is 0.217 e. The molecule has 0 atom stereocenters. The van der Waals surface area contributed by atoms with E-state index in [1.807, 2.05) is 18.2 Å². The van der Waals surface area contributed by atoms with E-state index in [0.29, 0.717) is 0 Å². The van der Waals surface area contributed by atoms with Crippen LogP contribution in [-0.2, 0) is 0 Å². The zero-order valence-corrected chi connectivity index (χ0v) is 8.64. The van der Waals surface area contributed by atoms with E-state index in [-0.39, 0.29) is 0 Å². The number of rotatable bonds is 1. The molecule has 1 nitrogen and oxygen atoms in total. The van der Waals surface area contributed by atoms with Crippen LogP contribution >= 0.6 is 15.9 Å². The van der Waals surface area contributed by atoms with Gasteiger partial charge in [-0.1, -0.05) is 24.3 Å². The molecule has 0 aliphatic rings. The minimum absolute atomic E-state index is 1.01. The predicted octanol–water partition coefficient (Wildman–Crippen LogP) is 2.01. The highest BCUT2D eigenvalue weighted by Crippen LogP contribution is 2.28. The third kappa shape index (κ3) is 1.38. The van der Waals surface area contributed by atoms with E-state index in [1.165, 1.54) is 10.8 Å². The van der Waals surface area contributed by atoms with Crippen LogP contribution in [0.5, 0.6) is 0 Å². The van der Waals surface area contributed by atoms with Gasteiger partial charge in [0.2, 0.25) is 5.69 Å². The van der Waals surface area contributed by atoms with Gasteiger partial charge in [0.25, 0.3) is 0 Å². The summed E-state index contributed by atoms with van der Waals surface area (Å²) >= 11 is 3.54. The van der Waals surface area contributed by atoms with Crippen LogP contribution in [0.4, 0.5) is 5.69 Å². The second-order valence-electron chi connectivity index (χ2n) is 2.83. The monoisotopic (exact) mass is 234 g/mol. The van der Waals surface area contributed by atoms with Crippen LogP contribution in [0.1, 0.15) is 0 Å². The van der Waals surface area contributed by atoms with E-state index in [9.17, 15) is 0 Å². The highest BCUT2D eigenvalue weighted by molar-refractivity contribution is 9.10. The summed E-state index contributed by atoms with van der Waals surface area (Å²) in [5.41, 5.74) is 1.01. The van der Waals surface area contributed by atoms with Crippen LogP contribution in [0, 0.1) is 0 Å². The predicted molar refractivity (Wildman–Crippen MR) is 59.4 cm³/mol. The molecule has 13 heavy (non-hydrogen) atoms. The summed E-state index contributed by atoms with van der Waals surface area (Å²) < 4.78 is 1.07. The van der Waals surface area contributed by atoms with E-state index in [0.717, 1.165) is 10.2 Å². The molecule has 0 fully saturated rings. The Balaban J connectivity index is 2.86. The Bertz CT molecular complexity index is 463. The van der Waals surface area contributed by atoms with E-state index in [2.05, 4.69) is 45.8 Å². The lowest BCUT2D eigenvalue weighted by atomic mass is 10.1. The van der Waals surface area contributed by atoms with Gasteiger partial charge in [-0.25, -0.2) is 4.99 Å². The van der Waals surface area contributed by atoms with Crippen LogP contribution in [-0.4, -0.2) is 6.72 Å². The Kier molecular flexibility index (Phi) is 2.15. The van der Waals surface area contributed by atoms with Crippen LogP contribution < -0.4 is 4.99 Å². The van der Waals surface area contributed by atoms with Gasteiger partial charge >= 0.3 is 0 Å². The second kappa shape index (κ2) is 3.30. The molecular weight excluding hydrogens is 226 g/mol. The van der Waals surface area contributed by atoms with Crippen molar-refractivity contribution in [3.8, 4) is 0 Å². The Morgan fingerprint density at radius 3 is 2.62 bits per heavy atom. The molecule has 0 aromatic heterocycles. The van der Waals surface area contributed by atoms with Gasteiger partial charge in [0.15, 0.2) is 0 Å². The molecule has 2 aromatic carbocycles. The molecule has 0 saturated heterocycles. The highest BCUT2D eigenvalue weighted by Gasteiger charge is 2.05. The van der Waals surface area contributed by atoms with Crippen LogP contribution in [0.15, 0.2) is 40.9 Å². The lowest BCUT2D eigenvalue weighted by Gasteiger charge is -1.99. The topological polar surface area (TPSA) is 14.0 Å². The van der Waals surface area contributed by atoms with E-state index in [1.54, 1.807) is 0 Å². The number of benzene rings is 2. The lowest BCUT2D eigenvalue weighted by molar-refractivity contribution is -0.342. The fourth-order valence-electron chi connectivity index (χ4n) is 1.37. The average Bonchev–Trinajstić information content (AvgIpc) is 2.19. The molecule has 0 aliphatic heterocycles. The van der Waals surface area contributed by atoms with Crippen molar-refractivity contribution in [2.24, 2.45) is 0 Å². The zero-order valence-electron chi connectivity index (χ0n) is 7.05. The molecule has 0 saturated carbocycles. The molecule has 0 bridgehead atoms. The average molecular weight is 235 g/mol. The fourth-order valence-corrected chi connectivity index (χ4v) is 2.00. The number of nitrogens with one attached hydrogen (secondary N) is 1. The van der Waals surface area contributed by atoms with E-state index in [4.69, 9.17) is 0 Å². The van der Waals surface area contributed by atoms with Crippen molar-refractivity contribution in [1.82, 2.24) is 0 Å². The molecule has 2 heteroatoms. The second-order valence-corrected chi connectivity index (χ2v) is 3.62. The van der Waals surface area contributed by atoms with Crippen molar-refractivity contribution in [1.29, 1.82) is 0 Å². The standard InChI is InChI=1S/C11H8BrN/c1-13-10-7-6-8-4-2-3-5-9(8)11(10)12/h2-7H,1H2/p+1. The largest absolute Gasteiger partial charge is 0.217 e. The summed E-state index contributed by atoms with van der Waals surface area (Å²) in [4.78, 5) is 2.89. The van der Waals surface area contributed by atoms with Gasteiger partial charge in [0.05, 0.1) is 4.47 Å². The molecule has 1 N–H and O–H groups in total. The number of halogens is 1. The summed E-state index contributed by atoms with van der Waals surface area (Å²) in [7, 11) is 0. The van der Waals surface area contributed by atoms with Crippen LogP contribution in [0.25, 0.3) is 10.8 Å². The Hall–Kier alpha value is -1.15. The smallest absolute Gasteiger partial charge is 0.217 e. The lowest BCUT2D eigenvalue weighted by Crippen LogP contribution is -2.57. The minimum Gasteiger partial charge on any atom is -0.217 e. The third-order valence-corrected chi connectivity index (χ3v) is 2.91. The molecule has 0 amide bonds.